The summed E-state index contributed by atoms with van der Waals surface area (Å²) in [6.07, 6.45) is -0.937. The first-order valence-corrected chi connectivity index (χ1v) is 5.51. The fraction of sp³-hybridized carbons (Fsp3) is 0.200. The third kappa shape index (κ3) is 7.01. The van der Waals surface area contributed by atoms with Crippen LogP contribution >= 0.6 is 0 Å². The van der Waals surface area contributed by atoms with E-state index >= 15 is 0 Å². The summed E-state index contributed by atoms with van der Waals surface area (Å²) >= 11 is 0. The van der Waals surface area contributed by atoms with Gasteiger partial charge in [-0.1, -0.05) is 30.0 Å². The minimum absolute atomic E-state index is 0. The number of benzene rings is 1. The van der Waals surface area contributed by atoms with Gasteiger partial charge in [-0.3, -0.25) is 4.18 Å². The van der Waals surface area contributed by atoms with Crippen LogP contribution in [0, 0.1) is 11.8 Å². The SMILES string of the molecule is C[C@H](C#Cc1ccccc1)OS(=O)(=O)[O-].[Na+]. The van der Waals surface area contributed by atoms with Gasteiger partial charge in [-0.15, -0.1) is 0 Å². The van der Waals surface area contributed by atoms with Crippen molar-refractivity contribution in [1.29, 1.82) is 0 Å². The first-order valence-electron chi connectivity index (χ1n) is 4.18. The molecule has 0 amide bonds. The van der Waals surface area contributed by atoms with Gasteiger partial charge in [0, 0.05) is 5.56 Å². The number of hydrogen-bond acceptors (Lipinski definition) is 4. The fourth-order valence-corrected chi connectivity index (χ4v) is 1.31. The van der Waals surface area contributed by atoms with Gasteiger partial charge in [0.1, 0.15) is 6.10 Å². The van der Waals surface area contributed by atoms with Crippen LogP contribution in [0.1, 0.15) is 12.5 Å². The predicted molar refractivity (Wildman–Crippen MR) is 53.6 cm³/mol. The van der Waals surface area contributed by atoms with Crippen molar-refractivity contribution in [3.05, 3.63) is 35.9 Å². The van der Waals surface area contributed by atoms with Gasteiger partial charge in [-0.05, 0) is 19.1 Å². The summed E-state index contributed by atoms with van der Waals surface area (Å²) in [5.41, 5.74) is 0.733. The van der Waals surface area contributed by atoms with Crippen LogP contribution in [0.15, 0.2) is 30.3 Å². The smallest absolute Gasteiger partial charge is 0.725 e. The minimum atomic E-state index is -4.68. The van der Waals surface area contributed by atoms with Crippen molar-refractivity contribution in [3.8, 4) is 11.8 Å². The van der Waals surface area contributed by atoms with Crippen LogP contribution in [0.4, 0.5) is 0 Å². The summed E-state index contributed by atoms with van der Waals surface area (Å²) in [5.74, 6) is 5.19. The Labute approximate surface area is 117 Å². The van der Waals surface area contributed by atoms with Crippen LogP contribution in [0.25, 0.3) is 0 Å². The van der Waals surface area contributed by atoms with Crippen molar-refractivity contribution in [1.82, 2.24) is 0 Å². The molecule has 0 saturated heterocycles. The van der Waals surface area contributed by atoms with Gasteiger partial charge in [-0.2, -0.15) is 0 Å². The third-order valence-electron chi connectivity index (χ3n) is 1.46. The van der Waals surface area contributed by atoms with E-state index in [9.17, 15) is 13.0 Å². The Morgan fingerprint density at radius 3 is 2.38 bits per heavy atom. The van der Waals surface area contributed by atoms with Gasteiger partial charge >= 0.3 is 29.6 Å². The van der Waals surface area contributed by atoms with Gasteiger partial charge in [0.05, 0.1) is 0 Å². The van der Waals surface area contributed by atoms with Gasteiger partial charge in [0.25, 0.3) is 0 Å². The second-order valence-electron chi connectivity index (χ2n) is 2.78. The van der Waals surface area contributed by atoms with Crippen LogP contribution in [-0.2, 0) is 14.6 Å². The van der Waals surface area contributed by atoms with Gasteiger partial charge in [0.2, 0.25) is 10.4 Å². The van der Waals surface area contributed by atoms with E-state index in [0.29, 0.717) is 0 Å². The molecule has 1 atom stereocenters. The molecule has 0 aliphatic heterocycles. The average Bonchev–Trinajstić information content (AvgIpc) is 2.14. The molecule has 80 valence electrons. The molecule has 4 nitrogen and oxygen atoms in total. The van der Waals surface area contributed by atoms with E-state index in [1.165, 1.54) is 6.92 Å². The molecule has 0 spiro atoms. The molecule has 6 heteroatoms. The summed E-state index contributed by atoms with van der Waals surface area (Å²) in [4.78, 5) is 0. The quantitative estimate of drug-likeness (QED) is 0.260. The summed E-state index contributed by atoms with van der Waals surface area (Å²) in [5, 5.41) is 0. The largest absolute Gasteiger partial charge is 1.00 e. The molecule has 0 N–H and O–H groups in total. The molecule has 1 rings (SSSR count). The molecule has 0 fully saturated rings. The van der Waals surface area contributed by atoms with Crippen LogP contribution in [0.5, 0.6) is 0 Å². The average molecular weight is 248 g/mol. The van der Waals surface area contributed by atoms with Crippen LogP contribution < -0.4 is 29.6 Å². The second kappa shape index (κ2) is 7.07. The molecule has 0 saturated carbocycles. The Bertz CT molecular complexity index is 473. The molecule has 1 aromatic rings. The normalized spacial score (nSPS) is 11.9. The fourth-order valence-electron chi connectivity index (χ4n) is 0.907. The molecule has 0 aliphatic carbocycles. The standard InChI is InChI=1S/C10H10O4S.Na/c1-9(14-15(11,12)13)7-8-10-5-3-2-4-6-10;/h2-6,9H,1H3,(H,11,12,13);/q;+1/p-1/t9-;/m1./s1. The van der Waals surface area contributed by atoms with E-state index in [0.717, 1.165) is 5.56 Å². The monoisotopic (exact) mass is 248 g/mol. The minimum Gasteiger partial charge on any atom is -0.725 e. The van der Waals surface area contributed by atoms with E-state index in [-0.39, 0.29) is 29.6 Å². The van der Waals surface area contributed by atoms with Crippen molar-refractivity contribution < 1.29 is 46.7 Å². The first-order chi connectivity index (χ1) is 6.97. The first kappa shape index (κ1) is 15.7. The molecule has 16 heavy (non-hydrogen) atoms. The molecule has 0 heterocycles. The second-order valence-corrected chi connectivity index (χ2v) is 3.79. The van der Waals surface area contributed by atoms with Crippen molar-refractivity contribution in [2.75, 3.05) is 0 Å². The van der Waals surface area contributed by atoms with Gasteiger partial charge < -0.3 is 4.55 Å². The Balaban J connectivity index is 0.00000225. The zero-order valence-corrected chi connectivity index (χ0v) is 11.8. The summed E-state index contributed by atoms with van der Waals surface area (Å²) in [7, 11) is -4.68. The molecular formula is C10H9NaO4S. The number of rotatable bonds is 2. The maximum Gasteiger partial charge on any atom is 1.00 e. The Morgan fingerprint density at radius 2 is 1.88 bits per heavy atom. The summed E-state index contributed by atoms with van der Waals surface area (Å²) in [6, 6.07) is 8.99. The third-order valence-corrected chi connectivity index (χ3v) is 1.98. The van der Waals surface area contributed by atoms with Gasteiger partial charge in [0.15, 0.2) is 0 Å². The van der Waals surface area contributed by atoms with Crippen molar-refractivity contribution >= 4 is 10.4 Å². The molecule has 0 aromatic heterocycles. The molecule has 0 radical (unpaired) electrons. The van der Waals surface area contributed by atoms with Crippen LogP contribution in [-0.4, -0.2) is 19.1 Å². The van der Waals surface area contributed by atoms with E-state index in [4.69, 9.17) is 0 Å². The number of hydrogen-bond donors (Lipinski definition) is 0. The molecule has 1 aromatic carbocycles. The Morgan fingerprint density at radius 1 is 1.31 bits per heavy atom. The van der Waals surface area contributed by atoms with Crippen molar-refractivity contribution in [3.63, 3.8) is 0 Å². The Hall–Kier alpha value is -0.350. The zero-order chi connectivity index (χ0) is 11.3. The van der Waals surface area contributed by atoms with E-state index in [1.807, 2.05) is 6.07 Å². The van der Waals surface area contributed by atoms with Gasteiger partial charge in [-0.25, -0.2) is 8.42 Å². The predicted octanol–water partition coefficient (Wildman–Crippen LogP) is -2.09. The maximum absolute atomic E-state index is 10.2. The molecule has 0 aliphatic rings. The van der Waals surface area contributed by atoms with E-state index in [2.05, 4.69) is 16.0 Å². The summed E-state index contributed by atoms with van der Waals surface area (Å²) in [6.45, 7) is 1.39. The Kier molecular flexibility index (Phi) is 6.91. The molecule has 0 bridgehead atoms. The maximum atomic E-state index is 10.2. The van der Waals surface area contributed by atoms with Crippen LogP contribution in [0.3, 0.4) is 0 Å². The van der Waals surface area contributed by atoms with Crippen molar-refractivity contribution in [2.45, 2.75) is 13.0 Å². The molecular weight excluding hydrogens is 239 g/mol. The van der Waals surface area contributed by atoms with E-state index < -0.39 is 16.5 Å². The molecule has 0 unspecified atom stereocenters. The van der Waals surface area contributed by atoms with E-state index in [1.54, 1.807) is 24.3 Å². The summed E-state index contributed by atoms with van der Waals surface area (Å²) < 4.78 is 34.7. The topological polar surface area (TPSA) is 66.4 Å². The van der Waals surface area contributed by atoms with Crippen molar-refractivity contribution in [2.24, 2.45) is 0 Å². The van der Waals surface area contributed by atoms with Crippen LogP contribution in [0.2, 0.25) is 0 Å². The zero-order valence-electron chi connectivity index (χ0n) is 9.01.